The third-order valence-corrected chi connectivity index (χ3v) is 5.15. The lowest BCUT2D eigenvalue weighted by Gasteiger charge is -2.29. The van der Waals surface area contributed by atoms with Crippen molar-refractivity contribution in [3.05, 3.63) is 24.2 Å². The molecule has 0 spiro atoms. The van der Waals surface area contributed by atoms with Crippen LogP contribution in [0.15, 0.2) is 23.0 Å². The molecule has 4 rings (SSSR count). The number of carbonyl (C=O) groups excluding carboxylic acids is 1. The molecule has 1 aromatic heterocycles. The summed E-state index contributed by atoms with van der Waals surface area (Å²) in [6.45, 7) is 5.08. The third kappa shape index (κ3) is 3.82. The Balaban J connectivity index is 1.32. The van der Waals surface area contributed by atoms with Crippen LogP contribution >= 0.6 is 0 Å². The van der Waals surface area contributed by atoms with Crippen LogP contribution in [-0.2, 0) is 20.8 Å². The van der Waals surface area contributed by atoms with Crippen LogP contribution in [0.1, 0.15) is 31.2 Å². The quantitative estimate of drug-likeness (QED) is 0.792. The average molecular weight is 334 g/mol. The minimum Gasteiger partial charge on any atom is -0.472 e. The molecule has 1 amide bonds. The third-order valence-electron chi connectivity index (χ3n) is 5.15. The van der Waals surface area contributed by atoms with Crippen LogP contribution in [0.5, 0.6) is 0 Å². The molecule has 0 radical (unpaired) electrons. The molecular weight excluding hydrogens is 308 g/mol. The van der Waals surface area contributed by atoms with E-state index in [1.54, 1.807) is 12.5 Å². The molecule has 1 aromatic rings. The Labute approximate surface area is 142 Å². The van der Waals surface area contributed by atoms with Gasteiger partial charge in [-0.05, 0) is 31.7 Å². The van der Waals surface area contributed by atoms with Crippen LogP contribution in [0.3, 0.4) is 0 Å². The van der Waals surface area contributed by atoms with Crippen molar-refractivity contribution >= 4 is 5.91 Å². The fourth-order valence-corrected chi connectivity index (χ4v) is 3.63. The summed E-state index contributed by atoms with van der Waals surface area (Å²) in [7, 11) is 0. The number of carbonyl (C=O) groups is 1. The molecule has 0 N–H and O–H groups in total. The molecule has 132 valence electrons. The summed E-state index contributed by atoms with van der Waals surface area (Å²) >= 11 is 0. The predicted molar refractivity (Wildman–Crippen MR) is 87.4 cm³/mol. The maximum absolute atomic E-state index is 12.9. The van der Waals surface area contributed by atoms with E-state index in [4.69, 9.17) is 13.9 Å². The van der Waals surface area contributed by atoms with Crippen LogP contribution in [0.2, 0.25) is 0 Å². The lowest BCUT2D eigenvalue weighted by atomic mass is 10.1. The Morgan fingerprint density at radius 2 is 2.04 bits per heavy atom. The van der Waals surface area contributed by atoms with Crippen molar-refractivity contribution in [2.45, 2.75) is 50.5 Å². The number of furan rings is 1. The van der Waals surface area contributed by atoms with Gasteiger partial charge in [0.15, 0.2) is 0 Å². The molecule has 2 atom stereocenters. The first-order chi connectivity index (χ1) is 11.8. The van der Waals surface area contributed by atoms with Gasteiger partial charge in [-0.25, -0.2) is 0 Å². The van der Waals surface area contributed by atoms with Gasteiger partial charge in [0.1, 0.15) is 6.10 Å². The summed E-state index contributed by atoms with van der Waals surface area (Å²) in [5.74, 6) is 0.156. The van der Waals surface area contributed by atoms with Crippen LogP contribution in [0.4, 0.5) is 0 Å². The van der Waals surface area contributed by atoms with E-state index in [0.29, 0.717) is 12.6 Å². The predicted octanol–water partition coefficient (Wildman–Crippen LogP) is 1.65. The van der Waals surface area contributed by atoms with Gasteiger partial charge >= 0.3 is 0 Å². The zero-order valence-corrected chi connectivity index (χ0v) is 14.1. The normalized spacial score (nSPS) is 28.2. The Bertz CT molecular complexity index is 537. The van der Waals surface area contributed by atoms with Crippen LogP contribution in [0, 0.1) is 0 Å². The molecule has 3 fully saturated rings. The van der Waals surface area contributed by atoms with Gasteiger partial charge in [-0.1, -0.05) is 0 Å². The van der Waals surface area contributed by atoms with Gasteiger partial charge < -0.3 is 18.8 Å². The molecule has 3 heterocycles. The summed E-state index contributed by atoms with van der Waals surface area (Å²) in [6, 6.07) is 2.31. The highest BCUT2D eigenvalue weighted by Gasteiger charge is 2.39. The van der Waals surface area contributed by atoms with Gasteiger partial charge in [0, 0.05) is 37.8 Å². The highest BCUT2D eigenvalue weighted by molar-refractivity contribution is 5.81. The van der Waals surface area contributed by atoms with Gasteiger partial charge in [0.05, 0.1) is 31.8 Å². The van der Waals surface area contributed by atoms with Crippen molar-refractivity contribution in [1.29, 1.82) is 0 Å². The van der Waals surface area contributed by atoms with E-state index in [1.807, 2.05) is 11.0 Å². The fourth-order valence-electron chi connectivity index (χ4n) is 3.63. The standard InChI is InChI=1S/C18H26N2O4/c21-18(20(15-1-2-15)11-14-5-8-23-13-14)17-4-3-16(24-17)12-19-6-9-22-10-7-19/h5,8,13,15-17H,1-4,6-7,9-12H2/t16-,17+/m1/s1. The summed E-state index contributed by atoms with van der Waals surface area (Å²) < 4.78 is 16.6. The number of nitrogens with zero attached hydrogens (tertiary/aromatic N) is 2. The molecule has 24 heavy (non-hydrogen) atoms. The lowest BCUT2D eigenvalue weighted by Crippen LogP contribution is -2.43. The molecule has 6 nitrogen and oxygen atoms in total. The number of hydrogen-bond donors (Lipinski definition) is 0. The first-order valence-corrected chi connectivity index (χ1v) is 9.07. The van der Waals surface area contributed by atoms with Crippen molar-refractivity contribution in [2.24, 2.45) is 0 Å². The second-order valence-electron chi connectivity index (χ2n) is 7.07. The molecule has 1 saturated carbocycles. The van der Waals surface area contributed by atoms with E-state index in [1.165, 1.54) is 0 Å². The van der Waals surface area contributed by atoms with Crippen LogP contribution in [0.25, 0.3) is 0 Å². The number of hydrogen-bond acceptors (Lipinski definition) is 5. The van der Waals surface area contributed by atoms with E-state index < -0.39 is 0 Å². The van der Waals surface area contributed by atoms with Crippen LogP contribution in [-0.4, -0.2) is 66.8 Å². The molecule has 3 aliphatic rings. The SMILES string of the molecule is O=C([C@@H]1CC[C@H](CN2CCOCC2)O1)N(Cc1ccoc1)C1CC1. The summed E-state index contributed by atoms with van der Waals surface area (Å²) in [6.07, 6.45) is 7.30. The zero-order chi connectivity index (χ0) is 16.4. The largest absolute Gasteiger partial charge is 0.472 e. The molecular formula is C18H26N2O4. The molecule has 1 aliphatic carbocycles. The first kappa shape index (κ1) is 16.1. The number of morpholine rings is 1. The van der Waals surface area contributed by atoms with Gasteiger partial charge in [0.2, 0.25) is 0 Å². The van der Waals surface area contributed by atoms with Gasteiger partial charge in [-0.3, -0.25) is 9.69 Å². The maximum atomic E-state index is 12.9. The number of rotatable bonds is 6. The second kappa shape index (κ2) is 7.25. The molecule has 2 saturated heterocycles. The average Bonchev–Trinajstić information content (AvgIpc) is 3.11. The second-order valence-corrected chi connectivity index (χ2v) is 7.07. The van der Waals surface area contributed by atoms with E-state index in [9.17, 15) is 4.79 Å². The minimum atomic E-state index is -0.274. The number of amides is 1. The van der Waals surface area contributed by atoms with E-state index in [-0.39, 0.29) is 18.1 Å². The van der Waals surface area contributed by atoms with E-state index >= 15 is 0 Å². The number of ether oxygens (including phenoxy) is 2. The van der Waals surface area contributed by atoms with Crippen LogP contribution < -0.4 is 0 Å². The molecule has 0 bridgehead atoms. The summed E-state index contributed by atoms with van der Waals surface area (Å²) in [5.41, 5.74) is 1.05. The summed E-state index contributed by atoms with van der Waals surface area (Å²) in [5, 5.41) is 0. The van der Waals surface area contributed by atoms with Gasteiger partial charge in [-0.2, -0.15) is 0 Å². The monoisotopic (exact) mass is 334 g/mol. The van der Waals surface area contributed by atoms with Crippen molar-refractivity contribution < 1.29 is 18.7 Å². The summed E-state index contributed by atoms with van der Waals surface area (Å²) in [4.78, 5) is 17.3. The lowest BCUT2D eigenvalue weighted by molar-refractivity contribution is -0.144. The van der Waals surface area contributed by atoms with E-state index in [0.717, 1.165) is 64.1 Å². The minimum absolute atomic E-state index is 0.156. The van der Waals surface area contributed by atoms with Gasteiger partial charge in [0.25, 0.3) is 5.91 Å². The molecule has 6 heteroatoms. The van der Waals surface area contributed by atoms with Crippen molar-refractivity contribution in [3.8, 4) is 0 Å². The van der Waals surface area contributed by atoms with E-state index in [2.05, 4.69) is 4.90 Å². The Kier molecular flexibility index (Phi) is 4.87. The Morgan fingerprint density at radius 1 is 1.21 bits per heavy atom. The van der Waals surface area contributed by atoms with Crippen molar-refractivity contribution in [3.63, 3.8) is 0 Å². The topological polar surface area (TPSA) is 55.2 Å². The maximum Gasteiger partial charge on any atom is 0.252 e. The molecule has 0 unspecified atom stereocenters. The highest BCUT2D eigenvalue weighted by atomic mass is 16.5. The van der Waals surface area contributed by atoms with Crippen molar-refractivity contribution in [1.82, 2.24) is 9.80 Å². The molecule has 0 aromatic carbocycles. The first-order valence-electron chi connectivity index (χ1n) is 9.07. The van der Waals surface area contributed by atoms with Gasteiger partial charge in [-0.15, -0.1) is 0 Å². The smallest absolute Gasteiger partial charge is 0.252 e. The Hall–Kier alpha value is -1.37. The zero-order valence-electron chi connectivity index (χ0n) is 14.1. The Morgan fingerprint density at radius 3 is 2.75 bits per heavy atom. The van der Waals surface area contributed by atoms with Crippen molar-refractivity contribution in [2.75, 3.05) is 32.8 Å². The highest BCUT2D eigenvalue weighted by Crippen LogP contribution is 2.31. The fraction of sp³-hybridized carbons (Fsp3) is 0.722. The molecule has 2 aliphatic heterocycles.